The molecule has 1 atom stereocenters. The van der Waals surface area contributed by atoms with E-state index in [9.17, 15) is 0 Å². The molecule has 1 aliphatic rings. The van der Waals surface area contributed by atoms with E-state index >= 15 is 0 Å². The Hall–Kier alpha value is -1.82. The number of aryl methyl sites for hydroxylation is 2. The van der Waals surface area contributed by atoms with Gasteiger partial charge in [0.1, 0.15) is 0 Å². The first-order valence-corrected chi connectivity index (χ1v) is 9.14. The Labute approximate surface area is 141 Å². The van der Waals surface area contributed by atoms with E-state index in [0.29, 0.717) is 0 Å². The van der Waals surface area contributed by atoms with Gasteiger partial charge < -0.3 is 0 Å². The molecule has 0 aliphatic heterocycles. The maximum absolute atomic E-state index is 2.42. The average molecular weight is 304 g/mol. The van der Waals surface area contributed by atoms with E-state index in [2.05, 4.69) is 68.5 Å². The van der Waals surface area contributed by atoms with Crippen LogP contribution < -0.4 is 0 Å². The third-order valence-electron chi connectivity index (χ3n) is 5.04. The van der Waals surface area contributed by atoms with Crippen molar-refractivity contribution >= 4 is 0 Å². The molecular weight excluding hydrogens is 276 g/mol. The van der Waals surface area contributed by atoms with Crippen molar-refractivity contribution in [2.24, 2.45) is 5.92 Å². The molecule has 0 saturated heterocycles. The van der Waals surface area contributed by atoms with Gasteiger partial charge in [0.25, 0.3) is 0 Å². The molecule has 0 heterocycles. The summed E-state index contributed by atoms with van der Waals surface area (Å²) in [6.45, 7) is 4.38. The molecule has 0 fully saturated rings. The van der Waals surface area contributed by atoms with Crippen LogP contribution in [-0.2, 0) is 19.3 Å². The van der Waals surface area contributed by atoms with Gasteiger partial charge in [0, 0.05) is 0 Å². The van der Waals surface area contributed by atoms with Crippen LogP contribution in [0.5, 0.6) is 0 Å². The molecule has 1 unspecified atom stereocenters. The SMILES string of the molecule is C/C=C/C1CCc2cc(-c3ccc(CCCC)cc3)ccc2C1. The molecule has 0 saturated carbocycles. The van der Waals surface area contributed by atoms with Gasteiger partial charge in [-0.1, -0.05) is 68.0 Å². The van der Waals surface area contributed by atoms with Gasteiger partial charge in [0.15, 0.2) is 0 Å². The number of hydrogen-bond donors (Lipinski definition) is 0. The summed E-state index contributed by atoms with van der Waals surface area (Å²) in [6, 6.07) is 16.3. The maximum Gasteiger partial charge on any atom is -0.0181 e. The largest absolute Gasteiger partial charge is 0.0914 e. The minimum Gasteiger partial charge on any atom is -0.0914 e. The van der Waals surface area contributed by atoms with Gasteiger partial charge in [-0.3, -0.25) is 0 Å². The average Bonchev–Trinajstić information content (AvgIpc) is 2.60. The Morgan fingerprint density at radius 1 is 1.00 bits per heavy atom. The van der Waals surface area contributed by atoms with Gasteiger partial charge in [-0.25, -0.2) is 0 Å². The lowest BCUT2D eigenvalue weighted by atomic mass is 9.82. The number of hydrogen-bond acceptors (Lipinski definition) is 0. The van der Waals surface area contributed by atoms with Crippen LogP contribution in [0.25, 0.3) is 11.1 Å². The molecule has 0 N–H and O–H groups in total. The number of rotatable bonds is 5. The summed E-state index contributed by atoms with van der Waals surface area (Å²) >= 11 is 0. The molecule has 120 valence electrons. The summed E-state index contributed by atoms with van der Waals surface area (Å²) < 4.78 is 0. The van der Waals surface area contributed by atoms with E-state index in [-0.39, 0.29) is 0 Å². The molecule has 2 aromatic rings. The van der Waals surface area contributed by atoms with Crippen LogP contribution in [-0.4, -0.2) is 0 Å². The van der Waals surface area contributed by atoms with Crippen molar-refractivity contribution in [1.82, 2.24) is 0 Å². The van der Waals surface area contributed by atoms with Crippen LogP contribution >= 0.6 is 0 Å². The number of allylic oxidation sites excluding steroid dienone is 2. The molecule has 23 heavy (non-hydrogen) atoms. The van der Waals surface area contributed by atoms with E-state index in [0.717, 1.165) is 5.92 Å². The Morgan fingerprint density at radius 3 is 2.52 bits per heavy atom. The smallest absolute Gasteiger partial charge is 0.0181 e. The maximum atomic E-state index is 2.42. The van der Waals surface area contributed by atoms with Gasteiger partial charge in [-0.2, -0.15) is 0 Å². The highest BCUT2D eigenvalue weighted by Gasteiger charge is 2.16. The molecule has 1 aliphatic carbocycles. The van der Waals surface area contributed by atoms with Crippen LogP contribution in [0.3, 0.4) is 0 Å². The van der Waals surface area contributed by atoms with Crippen LogP contribution in [0.1, 0.15) is 49.8 Å². The molecule has 0 amide bonds. The first-order valence-electron chi connectivity index (χ1n) is 9.14. The monoisotopic (exact) mass is 304 g/mol. The zero-order chi connectivity index (χ0) is 16.1. The Bertz CT molecular complexity index is 661. The summed E-state index contributed by atoms with van der Waals surface area (Å²) in [5.74, 6) is 0.733. The van der Waals surface area contributed by atoms with Crippen molar-refractivity contribution in [1.29, 1.82) is 0 Å². The molecule has 3 rings (SSSR count). The highest BCUT2D eigenvalue weighted by atomic mass is 14.2. The molecule has 0 spiro atoms. The molecule has 0 bridgehead atoms. The van der Waals surface area contributed by atoms with Crippen molar-refractivity contribution in [3.63, 3.8) is 0 Å². The molecule has 0 heteroatoms. The van der Waals surface area contributed by atoms with E-state index in [1.165, 1.54) is 55.2 Å². The fraction of sp³-hybridized carbons (Fsp3) is 0.391. The lowest BCUT2D eigenvalue weighted by Gasteiger charge is -2.23. The number of unbranched alkanes of at least 4 members (excludes halogenated alkanes) is 1. The summed E-state index contributed by atoms with van der Waals surface area (Å²) in [6.07, 6.45) is 12.0. The first-order chi connectivity index (χ1) is 11.3. The highest BCUT2D eigenvalue weighted by molar-refractivity contribution is 5.65. The molecule has 0 aromatic heterocycles. The van der Waals surface area contributed by atoms with Crippen LogP contribution in [0, 0.1) is 5.92 Å². The molecule has 2 aromatic carbocycles. The van der Waals surface area contributed by atoms with Crippen LogP contribution in [0.4, 0.5) is 0 Å². The topological polar surface area (TPSA) is 0 Å². The van der Waals surface area contributed by atoms with Crippen molar-refractivity contribution in [2.75, 3.05) is 0 Å². The fourth-order valence-electron chi connectivity index (χ4n) is 3.64. The highest BCUT2D eigenvalue weighted by Crippen LogP contribution is 2.30. The van der Waals surface area contributed by atoms with E-state index in [1.807, 2.05) is 0 Å². The Balaban J connectivity index is 1.77. The first kappa shape index (κ1) is 16.1. The summed E-state index contributed by atoms with van der Waals surface area (Å²) in [5.41, 5.74) is 7.28. The minimum absolute atomic E-state index is 0.733. The lowest BCUT2D eigenvalue weighted by Crippen LogP contribution is -2.12. The van der Waals surface area contributed by atoms with Gasteiger partial charge in [0.05, 0.1) is 0 Å². The van der Waals surface area contributed by atoms with Crippen molar-refractivity contribution in [3.05, 3.63) is 71.3 Å². The predicted octanol–water partition coefficient (Wildman–Crippen LogP) is 6.38. The van der Waals surface area contributed by atoms with E-state index in [1.54, 1.807) is 11.1 Å². The molecule has 0 radical (unpaired) electrons. The predicted molar refractivity (Wildman–Crippen MR) is 101 cm³/mol. The molecule has 0 nitrogen and oxygen atoms in total. The summed E-state index contributed by atoms with van der Waals surface area (Å²) in [4.78, 5) is 0. The standard InChI is InChI=1S/C23H28/c1-3-5-7-18-8-11-20(12-9-18)22-15-14-21-16-19(6-4-2)10-13-23(21)17-22/h4,6,8-9,11-12,14-15,17,19H,3,5,7,10,13,16H2,1-2H3/b6-4+. The second kappa shape index (κ2) is 7.64. The summed E-state index contributed by atoms with van der Waals surface area (Å²) in [5, 5.41) is 0. The Kier molecular flexibility index (Phi) is 5.33. The fourth-order valence-corrected chi connectivity index (χ4v) is 3.64. The second-order valence-electron chi connectivity index (χ2n) is 6.81. The van der Waals surface area contributed by atoms with Gasteiger partial charge in [-0.05, 0) is 72.8 Å². The summed E-state index contributed by atoms with van der Waals surface area (Å²) in [7, 11) is 0. The zero-order valence-corrected chi connectivity index (χ0v) is 14.5. The van der Waals surface area contributed by atoms with Crippen molar-refractivity contribution in [2.45, 2.75) is 52.4 Å². The van der Waals surface area contributed by atoms with Crippen LogP contribution in [0.15, 0.2) is 54.6 Å². The third kappa shape index (κ3) is 3.93. The van der Waals surface area contributed by atoms with Gasteiger partial charge in [-0.15, -0.1) is 0 Å². The second-order valence-corrected chi connectivity index (χ2v) is 6.81. The number of fused-ring (bicyclic) bond motifs is 1. The van der Waals surface area contributed by atoms with Crippen molar-refractivity contribution < 1.29 is 0 Å². The molecular formula is C23H28. The lowest BCUT2D eigenvalue weighted by molar-refractivity contribution is 0.553. The third-order valence-corrected chi connectivity index (χ3v) is 5.04. The normalized spacial score (nSPS) is 17.4. The minimum atomic E-state index is 0.733. The van der Waals surface area contributed by atoms with Crippen molar-refractivity contribution in [3.8, 4) is 11.1 Å². The number of benzene rings is 2. The quantitative estimate of drug-likeness (QED) is 0.562. The van der Waals surface area contributed by atoms with Gasteiger partial charge >= 0.3 is 0 Å². The van der Waals surface area contributed by atoms with E-state index < -0.39 is 0 Å². The zero-order valence-electron chi connectivity index (χ0n) is 14.5. The van der Waals surface area contributed by atoms with E-state index in [4.69, 9.17) is 0 Å². The Morgan fingerprint density at radius 2 is 1.78 bits per heavy atom. The van der Waals surface area contributed by atoms with Gasteiger partial charge in [0.2, 0.25) is 0 Å². The van der Waals surface area contributed by atoms with Crippen LogP contribution in [0.2, 0.25) is 0 Å².